The third-order valence-corrected chi connectivity index (χ3v) is 3.92. The van der Waals surface area contributed by atoms with Gasteiger partial charge < -0.3 is 5.32 Å². The highest BCUT2D eigenvalue weighted by atomic mass is 19.1. The molecule has 3 aromatic rings. The SMILES string of the molecule is CC(C)(C)NC(=O)c1cc(CC(=O)Cc2cc(F)c3cn[nH]c3c2)ccn1. The molecule has 2 N–H and O–H groups in total. The number of aromatic amines is 1. The van der Waals surface area contributed by atoms with Gasteiger partial charge in [0.15, 0.2) is 0 Å². The molecule has 0 aliphatic carbocycles. The van der Waals surface area contributed by atoms with Gasteiger partial charge >= 0.3 is 0 Å². The fraction of sp³-hybridized carbons (Fsp3) is 0.300. The van der Waals surface area contributed by atoms with E-state index in [1.807, 2.05) is 20.8 Å². The first-order chi connectivity index (χ1) is 12.7. The van der Waals surface area contributed by atoms with Crippen LogP contribution in [0.25, 0.3) is 10.9 Å². The van der Waals surface area contributed by atoms with E-state index >= 15 is 0 Å². The van der Waals surface area contributed by atoms with Gasteiger partial charge in [0.2, 0.25) is 0 Å². The normalized spacial score (nSPS) is 11.6. The van der Waals surface area contributed by atoms with Crippen LogP contribution >= 0.6 is 0 Å². The minimum atomic E-state index is -0.408. The third-order valence-electron chi connectivity index (χ3n) is 3.92. The number of carbonyl (C=O) groups excluding carboxylic acids is 2. The number of benzene rings is 1. The molecular weight excluding hydrogens is 347 g/mol. The van der Waals surface area contributed by atoms with Crippen LogP contribution in [0.1, 0.15) is 42.4 Å². The number of hydrogen-bond donors (Lipinski definition) is 2. The van der Waals surface area contributed by atoms with Gasteiger partial charge in [-0.15, -0.1) is 0 Å². The topological polar surface area (TPSA) is 87.7 Å². The Morgan fingerprint density at radius 1 is 1.15 bits per heavy atom. The molecule has 7 heteroatoms. The van der Waals surface area contributed by atoms with Crippen molar-refractivity contribution in [3.63, 3.8) is 0 Å². The van der Waals surface area contributed by atoms with E-state index in [1.165, 1.54) is 18.5 Å². The summed E-state index contributed by atoms with van der Waals surface area (Å²) in [5.41, 5.74) is 1.72. The molecule has 0 saturated heterocycles. The number of Topliss-reactive ketones (excluding diaryl/α,β-unsaturated/α-hetero) is 1. The molecule has 6 nitrogen and oxygen atoms in total. The van der Waals surface area contributed by atoms with Gasteiger partial charge in [-0.2, -0.15) is 5.10 Å². The molecule has 1 amide bonds. The molecule has 1 aromatic carbocycles. The van der Waals surface area contributed by atoms with Crippen molar-refractivity contribution in [3.05, 3.63) is 59.3 Å². The van der Waals surface area contributed by atoms with E-state index in [1.54, 1.807) is 18.2 Å². The molecule has 27 heavy (non-hydrogen) atoms. The van der Waals surface area contributed by atoms with Crippen molar-refractivity contribution in [3.8, 4) is 0 Å². The number of halogens is 1. The standard InChI is InChI=1S/C20H21FN4O2/c1-20(2,3)24-19(27)18-9-12(4-5-22-18)6-14(26)7-13-8-16(21)15-11-23-25-17(15)10-13/h4-5,8-11H,6-7H2,1-3H3,(H,23,25)(H,24,27). The van der Waals surface area contributed by atoms with Crippen LogP contribution in [0, 0.1) is 5.82 Å². The second-order valence-corrected chi connectivity index (χ2v) is 7.55. The van der Waals surface area contributed by atoms with E-state index in [0.717, 1.165) is 0 Å². The van der Waals surface area contributed by atoms with Gasteiger partial charge in [-0.1, -0.05) is 0 Å². The monoisotopic (exact) mass is 368 g/mol. The number of pyridine rings is 1. The maximum absolute atomic E-state index is 14.0. The Kier molecular flexibility index (Phi) is 5.03. The molecule has 0 spiro atoms. The van der Waals surface area contributed by atoms with E-state index in [4.69, 9.17) is 0 Å². The summed E-state index contributed by atoms with van der Waals surface area (Å²) in [6.07, 6.45) is 3.16. The maximum atomic E-state index is 14.0. The molecule has 0 saturated carbocycles. The second kappa shape index (κ2) is 7.26. The second-order valence-electron chi connectivity index (χ2n) is 7.55. The third kappa shape index (κ3) is 4.75. The highest BCUT2D eigenvalue weighted by Gasteiger charge is 2.17. The first-order valence-corrected chi connectivity index (χ1v) is 8.62. The molecule has 0 radical (unpaired) electrons. The maximum Gasteiger partial charge on any atom is 0.270 e. The molecule has 2 heterocycles. The van der Waals surface area contributed by atoms with Crippen LogP contribution in [0.4, 0.5) is 4.39 Å². The summed E-state index contributed by atoms with van der Waals surface area (Å²) in [6, 6.07) is 6.38. The van der Waals surface area contributed by atoms with Gasteiger partial charge in [0.05, 0.1) is 17.1 Å². The smallest absolute Gasteiger partial charge is 0.270 e. The first kappa shape index (κ1) is 18.7. The Labute approximate surface area is 156 Å². The molecule has 0 fully saturated rings. The van der Waals surface area contributed by atoms with Crippen molar-refractivity contribution >= 4 is 22.6 Å². The summed E-state index contributed by atoms with van der Waals surface area (Å²) in [5.74, 6) is -0.778. The van der Waals surface area contributed by atoms with Gasteiger partial charge in [-0.3, -0.25) is 19.7 Å². The molecule has 0 atom stereocenters. The summed E-state index contributed by atoms with van der Waals surface area (Å²) < 4.78 is 14.0. The Morgan fingerprint density at radius 2 is 1.89 bits per heavy atom. The van der Waals surface area contributed by atoms with Crippen LogP contribution in [-0.2, 0) is 17.6 Å². The van der Waals surface area contributed by atoms with Gasteiger partial charge in [-0.25, -0.2) is 4.39 Å². The summed E-state index contributed by atoms with van der Waals surface area (Å²) in [7, 11) is 0. The minimum Gasteiger partial charge on any atom is -0.346 e. The molecule has 2 aromatic heterocycles. The highest BCUT2D eigenvalue weighted by molar-refractivity contribution is 5.93. The number of nitrogens with one attached hydrogen (secondary N) is 2. The average Bonchev–Trinajstić information content (AvgIpc) is 3.02. The Morgan fingerprint density at radius 3 is 2.63 bits per heavy atom. The molecule has 0 bridgehead atoms. The molecule has 0 aliphatic rings. The summed E-state index contributed by atoms with van der Waals surface area (Å²) in [4.78, 5) is 28.7. The number of rotatable bonds is 5. The molecular formula is C20H21FN4O2. The fourth-order valence-corrected chi connectivity index (χ4v) is 2.80. The van der Waals surface area contributed by atoms with Crippen molar-refractivity contribution in [2.45, 2.75) is 39.2 Å². The molecule has 0 aliphatic heterocycles. The van der Waals surface area contributed by atoms with Gasteiger partial charge in [0.25, 0.3) is 5.91 Å². The Balaban J connectivity index is 1.70. The summed E-state index contributed by atoms with van der Waals surface area (Å²) >= 11 is 0. The van der Waals surface area contributed by atoms with Gasteiger partial charge in [0, 0.05) is 24.6 Å². The van der Waals surface area contributed by atoms with Crippen molar-refractivity contribution in [2.75, 3.05) is 0 Å². The lowest BCUT2D eigenvalue weighted by molar-refractivity contribution is -0.117. The predicted molar refractivity (Wildman–Crippen MR) is 99.9 cm³/mol. The van der Waals surface area contributed by atoms with E-state index in [9.17, 15) is 14.0 Å². The van der Waals surface area contributed by atoms with Crippen LogP contribution in [0.15, 0.2) is 36.7 Å². The summed E-state index contributed by atoms with van der Waals surface area (Å²) in [5, 5.41) is 9.75. The lowest BCUT2D eigenvalue weighted by Crippen LogP contribution is -2.40. The first-order valence-electron chi connectivity index (χ1n) is 8.62. The van der Waals surface area contributed by atoms with Crippen LogP contribution < -0.4 is 5.32 Å². The van der Waals surface area contributed by atoms with Crippen molar-refractivity contribution in [2.24, 2.45) is 0 Å². The highest BCUT2D eigenvalue weighted by Crippen LogP contribution is 2.18. The number of carbonyl (C=O) groups is 2. The quantitative estimate of drug-likeness (QED) is 0.725. The zero-order valence-corrected chi connectivity index (χ0v) is 15.5. The number of H-pyrrole nitrogens is 1. The van der Waals surface area contributed by atoms with Crippen LogP contribution in [-0.4, -0.2) is 32.4 Å². The molecule has 140 valence electrons. The summed E-state index contributed by atoms with van der Waals surface area (Å²) in [6.45, 7) is 5.65. The van der Waals surface area contributed by atoms with E-state index in [-0.39, 0.29) is 35.8 Å². The zero-order chi connectivity index (χ0) is 19.6. The van der Waals surface area contributed by atoms with Crippen molar-refractivity contribution in [1.82, 2.24) is 20.5 Å². The number of amides is 1. The van der Waals surface area contributed by atoms with Gasteiger partial charge in [0.1, 0.15) is 17.3 Å². The van der Waals surface area contributed by atoms with Crippen LogP contribution in [0.2, 0.25) is 0 Å². The van der Waals surface area contributed by atoms with Gasteiger partial charge in [-0.05, 0) is 56.2 Å². The lowest BCUT2D eigenvalue weighted by Gasteiger charge is -2.20. The number of ketones is 1. The van der Waals surface area contributed by atoms with E-state index in [0.29, 0.717) is 22.0 Å². The predicted octanol–water partition coefficient (Wildman–Crippen LogP) is 2.98. The van der Waals surface area contributed by atoms with Crippen molar-refractivity contribution in [1.29, 1.82) is 0 Å². The molecule has 3 rings (SSSR count). The van der Waals surface area contributed by atoms with Crippen LogP contribution in [0.5, 0.6) is 0 Å². The van der Waals surface area contributed by atoms with Crippen LogP contribution in [0.3, 0.4) is 0 Å². The number of fused-ring (bicyclic) bond motifs is 1. The molecule has 0 unspecified atom stereocenters. The fourth-order valence-electron chi connectivity index (χ4n) is 2.80. The number of nitrogens with zero attached hydrogens (tertiary/aromatic N) is 2. The Hall–Kier alpha value is -3.09. The minimum absolute atomic E-state index is 0.0818. The average molecular weight is 368 g/mol. The Bertz CT molecular complexity index is 1000. The largest absolute Gasteiger partial charge is 0.346 e. The zero-order valence-electron chi connectivity index (χ0n) is 15.5. The number of hydrogen-bond acceptors (Lipinski definition) is 4. The van der Waals surface area contributed by atoms with E-state index < -0.39 is 5.82 Å². The lowest BCUT2D eigenvalue weighted by atomic mass is 10.0. The number of aromatic nitrogens is 3. The van der Waals surface area contributed by atoms with Crippen molar-refractivity contribution < 1.29 is 14.0 Å². The van der Waals surface area contributed by atoms with E-state index in [2.05, 4.69) is 20.5 Å².